The number of carboxylic acids is 1. The number of nitrogens with one attached hydrogen (secondary N) is 1. The maximum atomic E-state index is 12.8. The molecule has 1 aromatic carbocycles. The molecule has 10 nitrogen and oxygen atoms in total. The average Bonchev–Trinajstić information content (AvgIpc) is 3.57. The molecular weight excluding hydrogens is 466 g/mol. The largest absolute Gasteiger partial charge is 0.489 e. The van der Waals surface area contributed by atoms with Crippen LogP contribution in [-0.4, -0.2) is 40.2 Å². The number of hydrogen-bond donors (Lipinski definition) is 3. The van der Waals surface area contributed by atoms with Gasteiger partial charge in [0, 0.05) is 5.56 Å². The molecule has 0 saturated heterocycles. The minimum absolute atomic E-state index is 0.0430. The molecule has 35 heavy (non-hydrogen) atoms. The first-order valence-corrected chi connectivity index (χ1v) is 10.7. The number of nitrogens with two attached hydrogens (primary N) is 1. The number of rotatable bonds is 11. The van der Waals surface area contributed by atoms with Gasteiger partial charge in [-0.25, -0.2) is 14.8 Å². The summed E-state index contributed by atoms with van der Waals surface area (Å²) in [5.41, 5.74) is 6.22. The number of halogens is 2. The zero-order valence-electron chi connectivity index (χ0n) is 18.4. The SMILES string of the molecule is NCc1oc(-c2ccc(OC(F)F)c(OCC3CC3)c2)nc1C(=O)NCc1cccc(C(=O)O)n1. The van der Waals surface area contributed by atoms with Gasteiger partial charge in [0.15, 0.2) is 23.0 Å². The third-order valence-corrected chi connectivity index (χ3v) is 5.13. The van der Waals surface area contributed by atoms with Crippen LogP contribution in [0.3, 0.4) is 0 Å². The fourth-order valence-electron chi connectivity index (χ4n) is 3.18. The lowest BCUT2D eigenvalue weighted by molar-refractivity contribution is -0.0515. The molecule has 2 aromatic heterocycles. The summed E-state index contributed by atoms with van der Waals surface area (Å²) < 4.78 is 41.4. The van der Waals surface area contributed by atoms with E-state index in [4.69, 9.17) is 20.0 Å². The number of amides is 1. The highest BCUT2D eigenvalue weighted by Gasteiger charge is 2.24. The summed E-state index contributed by atoms with van der Waals surface area (Å²) in [5.74, 6) is -1.27. The summed E-state index contributed by atoms with van der Waals surface area (Å²) in [6, 6.07) is 8.64. The predicted octanol–water partition coefficient (Wildman–Crippen LogP) is 3.21. The number of oxazole rings is 1. The van der Waals surface area contributed by atoms with E-state index in [1.54, 1.807) is 6.07 Å². The number of alkyl halides is 2. The molecule has 2 heterocycles. The standard InChI is InChI=1S/C23H22F2N4O6/c24-23(25)35-16-7-6-13(8-17(16)33-11-12-4-5-12)21-29-19(18(9-26)34-21)20(30)27-10-14-2-1-3-15(28-14)22(31)32/h1-3,6-8,12,23H,4-5,9-11,26H2,(H,27,30)(H,31,32). The Kier molecular flexibility index (Phi) is 7.20. The lowest BCUT2D eigenvalue weighted by Gasteiger charge is -2.12. The number of aromatic nitrogens is 2. The predicted molar refractivity (Wildman–Crippen MR) is 117 cm³/mol. The van der Waals surface area contributed by atoms with Gasteiger partial charge in [0.25, 0.3) is 5.91 Å². The van der Waals surface area contributed by atoms with Gasteiger partial charge in [-0.3, -0.25) is 4.79 Å². The highest BCUT2D eigenvalue weighted by atomic mass is 19.3. The highest BCUT2D eigenvalue weighted by Crippen LogP contribution is 2.36. The molecule has 1 amide bonds. The number of benzene rings is 1. The lowest BCUT2D eigenvalue weighted by Crippen LogP contribution is -2.25. The van der Waals surface area contributed by atoms with Gasteiger partial charge in [0.05, 0.1) is 25.4 Å². The molecule has 0 unspecified atom stereocenters. The molecular formula is C23H22F2N4O6. The fourth-order valence-corrected chi connectivity index (χ4v) is 3.18. The lowest BCUT2D eigenvalue weighted by atomic mass is 10.2. The van der Waals surface area contributed by atoms with Crippen LogP contribution in [0.4, 0.5) is 8.78 Å². The number of aromatic carboxylic acids is 1. The van der Waals surface area contributed by atoms with Crippen molar-refractivity contribution in [2.75, 3.05) is 6.61 Å². The minimum atomic E-state index is -3.02. The van der Waals surface area contributed by atoms with Gasteiger partial charge < -0.3 is 30.0 Å². The van der Waals surface area contributed by atoms with Crippen LogP contribution in [-0.2, 0) is 13.1 Å². The van der Waals surface area contributed by atoms with E-state index in [1.165, 1.54) is 30.3 Å². The van der Waals surface area contributed by atoms with Crippen LogP contribution >= 0.6 is 0 Å². The van der Waals surface area contributed by atoms with Gasteiger partial charge in [0.2, 0.25) is 5.89 Å². The topological polar surface area (TPSA) is 150 Å². The van der Waals surface area contributed by atoms with Crippen molar-refractivity contribution in [1.82, 2.24) is 15.3 Å². The fraction of sp³-hybridized carbons (Fsp3) is 0.304. The van der Waals surface area contributed by atoms with E-state index < -0.39 is 18.5 Å². The summed E-state index contributed by atoms with van der Waals surface area (Å²) in [4.78, 5) is 32.0. The number of carboxylic acid groups (broad SMARTS) is 1. The van der Waals surface area contributed by atoms with Crippen LogP contribution in [0.2, 0.25) is 0 Å². The highest BCUT2D eigenvalue weighted by molar-refractivity contribution is 5.93. The maximum Gasteiger partial charge on any atom is 0.387 e. The Morgan fingerprint density at radius 3 is 2.69 bits per heavy atom. The second-order valence-electron chi connectivity index (χ2n) is 7.79. The molecule has 1 aliphatic carbocycles. The Labute approximate surface area is 198 Å². The van der Waals surface area contributed by atoms with Crippen LogP contribution in [0.1, 0.15) is 45.3 Å². The second-order valence-corrected chi connectivity index (χ2v) is 7.79. The van der Waals surface area contributed by atoms with Crippen molar-refractivity contribution in [3.8, 4) is 23.0 Å². The number of nitrogens with zero attached hydrogens (tertiary/aromatic N) is 2. The second kappa shape index (κ2) is 10.5. The normalized spacial score (nSPS) is 13.0. The molecule has 1 aliphatic rings. The number of hydrogen-bond acceptors (Lipinski definition) is 8. The molecule has 184 valence electrons. The minimum Gasteiger partial charge on any atom is -0.489 e. The molecule has 0 atom stereocenters. The molecule has 12 heteroatoms. The monoisotopic (exact) mass is 488 g/mol. The van der Waals surface area contributed by atoms with Crippen molar-refractivity contribution >= 4 is 11.9 Å². The Hall–Kier alpha value is -4.06. The van der Waals surface area contributed by atoms with E-state index in [2.05, 4.69) is 20.0 Å². The molecule has 4 N–H and O–H groups in total. The molecule has 0 radical (unpaired) electrons. The first-order chi connectivity index (χ1) is 16.8. The van der Waals surface area contributed by atoms with Gasteiger partial charge in [-0.05, 0) is 49.1 Å². The molecule has 3 aromatic rings. The summed E-state index contributed by atoms with van der Waals surface area (Å²) >= 11 is 0. The Bertz CT molecular complexity index is 1230. The van der Waals surface area contributed by atoms with Gasteiger partial charge in [0.1, 0.15) is 5.69 Å². The zero-order chi connectivity index (χ0) is 24.9. The van der Waals surface area contributed by atoms with Crippen molar-refractivity contribution in [1.29, 1.82) is 0 Å². The van der Waals surface area contributed by atoms with Gasteiger partial charge in [-0.1, -0.05) is 6.07 Å². The first-order valence-electron chi connectivity index (χ1n) is 10.7. The van der Waals surface area contributed by atoms with Gasteiger partial charge >= 0.3 is 12.6 Å². The Morgan fingerprint density at radius 2 is 2.00 bits per heavy atom. The average molecular weight is 488 g/mol. The summed E-state index contributed by atoms with van der Waals surface area (Å²) in [6.07, 6.45) is 2.03. The quantitative estimate of drug-likeness (QED) is 0.370. The van der Waals surface area contributed by atoms with Crippen molar-refractivity contribution in [2.45, 2.75) is 32.5 Å². The van der Waals surface area contributed by atoms with Crippen LogP contribution in [0, 0.1) is 5.92 Å². The molecule has 0 aliphatic heterocycles. The van der Waals surface area contributed by atoms with Gasteiger partial charge in [-0.15, -0.1) is 0 Å². The summed E-state index contributed by atoms with van der Waals surface area (Å²) in [5, 5.41) is 11.6. The molecule has 4 rings (SSSR count). The van der Waals surface area contributed by atoms with Crippen molar-refractivity contribution in [3.05, 3.63) is 59.2 Å². The van der Waals surface area contributed by atoms with E-state index in [1.807, 2.05) is 0 Å². The Morgan fingerprint density at radius 1 is 1.20 bits per heavy atom. The number of carbonyl (C=O) groups is 2. The molecule has 0 spiro atoms. The maximum absolute atomic E-state index is 12.8. The zero-order valence-corrected chi connectivity index (χ0v) is 18.4. The first kappa shape index (κ1) is 24.1. The van der Waals surface area contributed by atoms with E-state index in [0.29, 0.717) is 23.8 Å². The van der Waals surface area contributed by atoms with Gasteiger partial charge in [-0.2, -0.15) is 8.78 Å². The molecule has 1 fully saturated rings. The smallest absolute Gasteiger partial charge is 0.387 e. The third-order valence-electron chi connectivity index (χ3n) is 5.13. The Balaban J connectivity index is 1.53. The third kappa shape index (κ3) is 6.09. The summed E-state index contributed by atoms with van der Waals surface area (Å²) in [7, 11) is 0. The van der Waals surface area contributed by atoms with E-state index in [9.17, 15) is 18.4 Å². The van der Waals surface area contributed by atoms with Crippen LogP contribution in [0.15, 0.2) is 40.8 Å². The van der Waals surface area contributed by atoms with Crippen LogP contribution in [0.5, 0.6) is 11.5 Å². The van der Waals surface area contributed by atoms with E-state index in [0.717, 1.165) is 12.8 Å². The van der Waals surface area contributed by atoms with E-state index >= 15 is 0 Å². The number of pyridine rings is 1. The number of carbonyl (C=O) groups excluding carboxylic acids is 1. The van der Waals surface area contributed by atoms with Crippen molar-refractivity contribution < 1.29 is 37.4 Å². The van der Waals surface area contributed by atoms with Crippen molar-refractivity contribution in [3.63, 3.8) is 0 Å². The summed E-state index contributed by atoms with van der Waals surface area (Å²) in [6.45, 7) is -2.82. The molecule has 1 saturated carbocycles. The number of ether oxygens (including phenoxy) is 2. The molecule has 0 bridgehead atoms. The van der Waals surface area contributed by atoms with Crippen LogP contribution < -0.4 is 20.5 Å². The van der Waals surface area contributed by atoms with Crippen molar-refractivity contribution in [2.24, 2.45) is 11.7 Å². The van der Waals surface area contributed by atoms with Crippen LogP contribution in [0.25, 0.3) is 11.5 Å². The van der Waals surface area contributed by atoms with E-state index in [-0.39, 0.29) is 47.6 Å².